The number of anilines is 1. The molecule has 0 atom stereocenters. The molecule has 1 saturated carbocycles. The quantitative estimate of drug-likeness (QED) is 0.417. The molecule has 1 fully saturated rings. The van der Waals surface area contributed by atoms with E-state index in [9.17, 15) is 9.90 Å². The number of nitrogen functional groups attached to an aromatic ring is 1. The molecule has 2 aliphatic rings. The van der Waals surface area contributed by atoms with Crippen molar-refractivity contribution >= 4 is 17.8 Å². The molecule has 1 amide bonds. The average molecular weight is 477 g/mol. The average Bonchev–Trinajstić information content (AvgIpc) is 3.41. The van der Waals surface area contributed by atoms with Crippen molar-refractivity contribution < 1.29 is 18.7 Å². The fraction of sp³-hybridized carbons (Fsp3) is 0.296. The van der Waals surface area contributed by atoms with Crippen LogP contribution in [0.3, 0.4) is 0 Å². The van der Waals surface area contributed by atoms with Gasteiger partial charge in [-0.3, -0.25) is 14.8 Å². The van der Waals surface area contributed by atoms with E-state index >= 15 is 8.78 Å². The van der Waals surface area contributed by atoms with E-state index in [0.717, 1.165) is 12.8 Å². The Morgan fingerprint density at radius 1 is 1.17 bits per heavy atom. The van der Waals surface area contributed by atoms with Crippen LogP contribution < -0.4 is 5.73 Å². The van der Waals surface area contributed by atoms with Gasteiger partial charge in [0.15, 0.2) is 0 Å². The molecule has 8 heteroatoms. The van der Waals surface area contributed by atoms with Crippen LogP contribution in [0, 0.1) is 11.6 Å². The van der Waals surface area contributed by atoms with E-state index < -0.39 is 17.2 Å². The Labute approximate surface area is 202 Å². The summed E-state index contributed by atoms with van der Waals surface area (Å²) in [6.45, 7) is -0.00181. The summed E-state index contributed by atoms with van der Waals surface area (Å²) in [6, 6.07) is 9.27. The van der Waals surface area contributed by atoms with E-state index in [1.807, 2.05) is 0 Å². The lowest BCUT2D eigenvalue weighted by atomic mass is 9.86. The van der Waals surface area contributed by atoms with Gasteiger partial charge < -0.3 is 15.7 Å². The third kappa shape index (κ3) is 3.97. The molecule has 180 valence electrons. The maximum Gasteiger partial charge on any atom is 0.256 e. The molecule has 0 unspecified atom stereocenters. The molecule has 35 heavy (non-hydrogen) atoms. The first-order valence-electron chi connectivity index (χ1n) is 11.6. The normalized spacial score (nSPS) is 16.9. The number of rotatable bonds is 5. The number of benzene rings is 2. The van der Waals surface area contributed by atoms with Crippen LogP contribution in [0.5, 0.6) is 0 Å². The van der Waals surface area contributed by atoms with Gasteiger partial charge in [0.05, 0.1) is 29.9 Å². The predicted octanol–water partition coefficient (Wildman–Crippen LogP) is 4.58. The number of hydrogen-bond donors (Lipinski definition) is 2. The highest BCUT2D eigenvalue weighted by atomic mass is 19.1. The molecular weight excluding hydrogens is 450 g/mol. The number of aromatic nitrogens is 1. The number of hydrogen-bond acceptors (Lipinski definition) is 5. The van der Waals surface area contributed by atoms with Crippen molar-refractivity contribution in [1.82, 2.24) is 9.88 Å². The molecule has 0 radical (unpaired) electrons. The Kier molecular flexibility index (Phi) is 5.84. The Bertz CT molecular complexity index is 1330. The topological polar surface area (TPSA) is 91.8 Å². The Balaban J connectivity index is 1.50. The summed E-state index contributed by atoms with van der Waals surface area (Å²) in [6.07, 6.45) is 6.19. The van der Waals surface area contributed by atoms with Gasteiger partial charge in [-0.25, -0.2) is 8.78 Å². The van der Waals surface area contributed by atoms with E-state index in [1.54, 1.807) is 43.7 Å². The standard InChI is InChI=1S/C27H26F2N4O2/c1-31-13-19-17(6-7-21(25(19)30)27(35)8-2-3-9-27)16-11-22(28)20(23(29)12-16)14-33-15-24-18(26(33)34)5-4-10-32-24/h4-7,10-13,35H,2-3,8-9,14-15,30H2,1H3. The lowest BCUT2D eigenvalue weighted by Gasteiger charge is -2.26. The zero-order valence-electron chi connectivity index (χ0n) is 19.4. The molecule has 2 heterocycles. The summed E-state index contributed by atoms with van der Waals surface area (Å²) in [5, 5.41) is 11.1. The number of aliphatic imine (C=N–C) groups is 1. The molecule has 0 spiro atoms. The molecule has 0 saturated heterocycles. The van der Waals surface area contributed by atoms with Crippen molar-refractivity contribution in [2.24, 2.45) is 4.99 Å². The van der Waals surface area contributed by atoms with Gasteiger partial charge in [0.1, 0.15) is 11.6 Å². The summed E-state index contributed by atoms with van der Waals surface area (Å²) >= 11 is 0. The summed E-state index contributed by atoms with van der Waals surface area (Å²) in [5.41, 5.74) is 8.60. The maximum atomic E-state index is 15.2. The molecular formula is C27H26F2N4O2. The van der Waals surface area contributed by atoms with E-state index in [2.05, 4.69) is 9.98 Å². The minimum absolute atomic E-state index is 0.189. The van der Waals surface area contributed by atoms with Crippen molar-refractivity contribution in [3.05, 3.63) is 82.2 Å². The second-order valence-electron chi connectivity index (χ2n) is 9.19. The number of nitrogens with zero attached hydrogens (tertiary/aromatic N) is 3. The van der Waals surface area contributed by atoms with Gasteiger partial charge in [-0.15, -0.1) is 0 Å². The van der Waals surface area contributed by atoms with Crippen LogP contribution >= 0.6 is 0 Å². The highest BCUT2D eigenvalue weighted by molar-refractivity contribution is 5.98. The SMILES string of the molecule is CN=Cc1c(-c2cc(F)c(CN3Cc4ncccc4C3=O)c(F)c2)ccc(C2(O)CCCC2)c1N. The van der Waals surface area contributed by atoms with Crippen LogP contribution in [-0.2, 0) is 18.7 Å². The van der Waals surface area contributed by atoms with Crippen molar-refractivity contribution in [2.45, 2.75) is 44.4 Å². The Morgan fingerprint density at radius 2 is 1.89 bits per heavy atom. The van der Waals surface area contributed by atoms with Crippen LogP contribution in [0.2, 0.25) is 0 Å². The predicted molar refractivity (Wildman–Crippen MR) is 130 cm³/mol. The van der Waals surface area contributed by atoms with Crippen molar-refractivity contribution in [2.75, 3.05) is 12.8 Å². The largest absolute Gasteiger partial charge is 0.398 e. The summed E-state index contributed by atoms with van der Waals surface area (Å²) < 4.78 is 30.4. The van der Waals surface area contributed by atoms with Crippen LogP contribution in [-0.4, -0.2) is 34.2 Å². The second kappa shape index (κ2) is 8.85. The highest BCUT2D eigenvalue weighted by Gasteiger charge is 2.35. The molecule has 0 bridgehead atoms. The summed E-state index contributed by atoms with van der Waals surface area (Å²) in [5.74, 6) is -1.81. The van der Waals surface area contributed by atoms with Gasteiger partial charge in [-0.1, -0.05) is 25.0 Å². The summed E-state index contributed by atoms with van der Waals surface area (Å²) in [4.78, 5) is 22.3. The van der Waals surface area contributed by atoms with Crippen LogP contribution in [0.25, 0.3) is 11.1 Å². The summed E-state index contributed by atoms with van der Waals surface area (Å²) in [7, 11) is 1.59. The molecule has 2 aromatic carbocycles. The van der Waals surface area contributed by atoms with Gasteiger partial charge in [0.2, 0.25) is 0 Å². The molecule has 5 rings (SSSR count). The first-order chi connectivity index (χ1) is 16.8. The smallest absolute Gasteiger partial charge is 0.256 e. The highest BCUT2D eigenvalue weighted by Crippen LogP contribution is 2.43. The molecule has 3 aromatic rings. The minimum atomic E-state index is -1.01. The Hall–Kier alpha value is -3.65. The number of nitrogens with two attached hydrogens (primary N) is 1. The first-order valence-corrected chi connectivity index (χ1v) is 11.6. The van der Waals surface area contributed by atoms with Gasteiger partial charge in [-0.2, -0.15) is 0 Å². The van der Waals surface area contributed by atoms with Crippen LogP contribution in [0.4, 0.5) is 14.5 Å². The lowest BCUT2D eigenvalue weighted by molar-refractivity contribution is 0.0452. The number of carbonyl (C=O) groups excluding carboxylic acids is 1. The van der Waals surface area contributed by atoms with Crippen molar-refractivity contribution in [1.29, 1.82) is 0 Å². The molecule has 3 N–H and O–H groups in total. The third-order valence-corrected chi connectivity index (χ3v) is 7.03. The van der Waals surface area contributed by atoms with Crippen molar-refractivity contribution in [3.63, 3.8) is 0 Å². The van der Waals surface area contributed by atoms with Gasteiger partial charge in [0, 0.05) is 41.8 Å². The van der Waals surface area contributed by atoms with E-state index in [4.69, 9.17) is 5.73 Å². The fourth-order valence-corrected chi connectivity index (χ4v) is 5.20. The third-order valence-electron chi connectivity index (χ3n) is 7.03. The molecule has 1 aromatic heterocycles. The van der Waals surface area contributed by atoms with E-state index in [0.29, 0.717) is 52.0 Å². The van der Waals surface area contributed by atoms with Gasteiger partial charge in [-0.05, 0) is 48.2 Å². The number of aliphatic hydroxyl groups is 1. The first kappa shape index (κ1) is 23.1. The lowest BCUT2D eigenvalue weighted by Crippen LogP contribution is -2.24. The fourth-order valence-electron chi connectivity index (χ4n) is 5.20. The zero-order valence-corrected chi connectivity index (χ0v) is 19.4. The zero-order chi connectivity index (χ0) is 24.7. The van der Waals surface area contributed by atoms with Crippen molar-refractivity contribution in [3.8, 4) is 11.1 Å². The Morgan fingerprint density at radius 3 is 2.54 bits per heavy atom. The van der Waals surface area contributed by atoms with Crippen LogP contribution in [0.15, 0.2) is 47.6 Å². The van der Waals surface area contributed by atoms with Gasteiger partial charge in [0.25, 0.3) is 5.91 Å². The van der Waals surface area contributed by atoms with Gasteiger partial charge >= 0.3 is 0 Å². The van der Waals surface area contributed by atoms with E-state index in [-0.39, 0.29) is 24.6 Å². The van der Waals surface area contributed by atoms with E-state index in [1.165, 1.54) is 17.0 Å². The number of pyridine rings is 1. The second-order valence-corrected chi connectivity index (χ2v) is 9.19. The number of amides is 1. The maximum absolute atomic E-state index is 15.2. The van der Waals surface area contributed by atoms with Crippen LogP contribution in [0.1, 0.15) is 58.4 Å². The minimum Gasteiger partial charge on any atom is -0.398 e. The number of halogens is 2. The molecule has 1 aliphatic heterocycles. The molecule has 6 nitrogen and oxygen atoms in total. The number of carbonyl (C=O) groups is 1. The monoisotopic (exact) mass is 476 g/mol. The number of fused-ring (bicyclic) bond motifs is 1. The molecule has 1 aliphatic carbocycles.